The molecule has 2 atom stereocenters. The minimum Gasteiger partial charge on any atom is -0.497 e. The normalized spacial score (nSPS) is 13.2. The zero-order valence-electron chi connectivity index (χ0n) is 11.7. The third-order valence-electron chi connectivity index (χ3n) is 3.29. The van der Waals surface area contributed by atoms with Crippen molar-refractivity contribution in [1.29, 1.82) is 5.26 Å². The highest BCUT2D eigenvalue weighted by Gasteiger charge is 2.14. The summed E-state index contributed by atoms with van der Waals surface area (Å²) in [6, 6.07) is 19.8. The van der Waals surface area contributed by atoms with Crippen molar-refractivity contribution < 1.29 is 4.74 Å². The van der Waals surface area contributed by atoms with Crippen molar-refractivity contribution in [3.05, 3.63) is 65.7 Å². The number of methoxy groups -OCH3 is 1. The van der Waals surface area contributed by atoms with Crippen molar-refractivity contribution in [2.75, 3.05) is 7.11 Å². The van der Waals surface area contributed by atoms with Crippen LogP contribution in [0.2, 0.25) is 0 Å². The Morgan fingerprint density at radius 1 is 1.00 bits per heavy atom. The number of nitriles is 1. The standard InChI is InChI=1S/C17H18N2O/c1-13(14-6-4-3-5-7-14)19-17(12-18)15-8-10-16(20-2)11-9-15/h3-11,13,17,19H,1-2H3/t13-,17-/m1/s1. The Morgan fingerprint density at radius 2 is 1.65 bits per heavy atom. The highest BCUT2D eigenvalue weighted by Crippen LogP contribution is 2.21. The maximum atomic E-state index is 9.36. The first-order valence-corrected chi connectivity index (χ1v) is 6.59. The second-order valence-electron chi connectivity index (χ2n) is 4.63. The summed E-state index contributed by atoms with van der Waals surface area (Å²) in [5, 5.41) is 12.7. The zero-order chi connectivity index (χ0) is 14.4. The molecule has 0 radical (unpaired) electrons. The summed E-state index contributed by atoms with van der Waals surface area (Å²) in [7, 11) is 1.63. The van der Waals surface area contributed by atoms with Crippen molar-refractivity contribution in [3.8, 4) is 11.8 Å². The van der Waals surface area contributed by atoms with Crippen LogP contribution in [-0.2, 0) is 0 Å². The first-order valence-electron chi connectivity index (χ1n) is 6.59. The van der Waals surface area contributed by atoms with Crippen LogP contribution in [0.1, 0.15) is 30.1 Å². The van der Waals surface area contributed by atoms with Crippen LogP contribution in [0.3, 0.4) is 0 Å². The predicted molar refractivity (Wildman–Crippen MR) is 79.3 cm³/mol. The quantitative estimate of drug-likeness (QED) is 0.899. The number of hydrogen-bond acceptors (Lipinski definition) is 3. The molecule has 0 unspecified atom stereocenters. The van der Waals surface area contributed by atoms with Gasteiger partial charge in [-0.2, -0.15) is 5.26 Å². The molecule has 2 aromatic carbocycles. The predicted octanol–water partition coefficient (Wildman–Crippen LogP) is 3.61. The van der Waals surface area contributed by atoms with Gasteiger partial charge in [-0.05, 0) is 30.2 Å². The molecule has 0 aromatic heterocycles. The summed E-state index contributed by atoms with van der Waals surface area (Å²) in [5.41, 5.74) is 2.11. The van der Waals surface area contributed by atoms with Gasteiger partial charge in [-0.3, -0.25) is 5.32 Å². The Balaban J connectivity index is 2.11. The van der Waals surface area contributed by atoms with Crippen LogP contribution in [-0.4, -0.2) is 7.11 Å². The number of nitrogens with one attached hydrogen (secondary N) is 1. The van der Waals surface area contributed by atoms with E-state index in [1.807, 2.05) is 42.5 Å². The Hall–Kier alpha value is -2.31. The van der Waals surface area contributed by atoms with E-state index < -0.39 is 0 Å². The van der Waals surface area contributed by atoms with Gasteiger partial charge in [0.1, 0.15) is 11.8 Å². The molecule has 0 bridgehead atoms. The van der Waals surface area contributed by atoms with E-state index in [9.17, 15) is 5.26 Å². The molecule has 0 saturated carbocycles. The molecular formula is C17H18N2O. The van der Waals surface area contributed by atoms with Crippen LogP contribution in [0.25, 0.3) is 0 Å². The largest absolute Gasteiger partial charge is 0.497 e. The smallest absolute Gasteiger partial charge is 0.121 e. The van der Waals surface area contributed by atoms with E-state index in [0.717, 1.165) is 11.3 Å². The second-order valence-corrected chi connectivity index (χ2v) is 4.63. The highest BCUT2D eigenvalue weighted by atomic mass is 16.5. The topological polar surface area (TPSA) is 45.0 Å². The minimum atomic E-state index is -0.337. The number of nitrogens with zero attached hydrogens (tertiary/aromatic N) is 1. The summed E-state index contributed by atoms with van der Waals surface area (Å²) in [6.07, 6.45) is 0. The Labute approximate surface area is 119 Å². The summed E-state index contributed by atoms with van der Waals surface area (Å²) < 4.78 is 5.13. The van der Waals surface area contributed by atoms with Gasteiger partial charge in [-0.25, -0.2) is 0 Å². The van der Waals surface area contributed by atoms with Crippen LogP contribution < -0.4 is 10.1 Å². The lowest BCUT2D eigenvalue weighted by atomic mass is 10.0. The van der Waals surface area contributed by atoms with Gasteiger partial charge in [0.15, 0.2) is 0 Å². The number of benzene rings is 2. The molecule has 0 saturated heterocycles. The molecule has 0 amide bonds. The van der Waals surface area contributed by atoms with Gasteiger partial charge in [-0.15, -0.1) is 0 Å². The number of ether oxygens (including phenoxy) is 1. The summed E-state index contributed by atoms with van der Waals surface area (Å²) in [6.45, 7) is 2.06. The van der Waals surface area contributed by atoms with Crippen LogP contribution in [0.4, 0.5) is 0 Å². The van der Waals surface area contributed by atoms with Gasteiger partial charge in [0.25, 0.3) is 0 Å². The molecule has 0 aliphatic carbocycles. The molecule has 0 aliphatic rings. The van der Waals surface area contributed by atoms with Crippen molar-refractivity contribution >= 4 is 0 Å². The molecular weight excluding hydrogens is 248 g/mol. The molecule has 2 aromatic rings. The molecule has 0 heterocycles. The lowest BCUT2D eigenvalue weighted by Crippen LogP contribution is -2.23. The van der Waals surface area contributed by atoms with Crippen molar-refractivity contribution in [3.63, 3.8) is 0 Å². The van der Waals surface area contributed by atoms with Gasteiger partial charge in [0.2, 0.25) is 0 Å². The SMILES string of the molecule is COc1ccc([C@@H](C#N)N[C@H](C)c2ccccc2)cc1. The van der Waals surface area contributed by atoms with E-state index in [2.05, 4.69) is 30.4 Å². The van der Waals surface area contributed by atoms with Crippen LogP contribution in [0.5, 0.6) is 5.75 Å². The molecule has 1 N–H and O–H groups in total. The minimum absolute atomic E-state index is 0.114. The zero-order valence-corrected chi connectivity index (χ0v) is 11.7. The fraction of sp³-hybridized carbons (Fsp3) is 0.235. The van der Waals surface area contributed by atoms with Crippen molar-refractivity contribution in [2.24, 2.45) is 0 Å². The maximum absolute atomic E-state index is 9.36. The van der Waals surface area contributed by atoms with Crippen molar-refractivity contribution in [1.82, 2.24) is 5.32 Å². The van der Waals surface area contributed by atoms with Crippen molar-refractivity contribution in [2.45, 2.75) is 19.0 Å². The van der Waals surface area contributed by atoms with E-state index in [1.54, 1.807) is 7.11 Å². The summed E-state index contributed by atoms with van der Waals surface area (Å²) in [5.74, 6) is 0.793. The summed E-state index contributed by atoms with van der Waals surface area (Å²) >= 11 is 0. The third kappa shape index (κ3) is 3.37. The van der Waals surface area contributed by atoms with E-state index >= 15 is 0 Å². The fourth-order valence-corrected chi connectivity index (χ4v) is 2.09. The maximum Gasteiger partial charge on any atom is 0.121 e. The molecule has 2 rings (SSSR count). The number of rotatable bonds is 5. The second kappa shape index (κ2) is 6.74. The Bertz CT molecular complexity index is 572. The van der Waals surface area contributed by atoms with Crippen LogP contribution in [0.15, 0.2) is 54.6 Å². The van der Waals surface area contributed by atoms with Gasteiger partial charge in [0, 0.05) is 6.04 Å². The lowest BCUT2D eigenvalue weighted by molar-refractivity contribution is 0.414. The van der Waals surface area contributed by atoms with Gasteiger partial charge < -0.3 is 4.74 Å². The highest BCUT2D eigenvalue weighted by molar-refractivity contribution is 5.32. The third-order valence-corrected chi connectivity index (χ3v) is 3.29. The first kappa shape index (κ1) is 14.1. The first-order chi connectivity index (χ1) is 9.74. The van der Waals surface area contributed by atoms with E-state index in [1.165, 1.54) is 5.56 Å². The van der Waals surface area contributed by atoms with E-state index in [0.29, 0.717) is 0 Å². The molecule has 3 nitrogen and oxygen atoms in total. The Morgan fingerprint density at radius 3 is 2.20 bits per heavy atom. The molecule has 0 spiro atoms. The van der Waals surface area contributed by atoms with Crippen LogP contribution in [0, 0.1) is 11.3 Å². The molecule has 0 aliphatic heterocycles. The average molecular weight is 266 g/mol. The van der Waals surface area contributed by atoms with Gasteiger partial charge in [-0.1, -0.05) is 42.5 Å². The van der Waals surface area contributed by atoms with E-state index in [4.69, 9.17) is 4.74 Å². The number of hydrogen-bond donors (Lipinski definition) is 1. The van der Waals surface area contributed by atoms with E-state index in [-0.39, 0.29) is 12.1 Å². The monoisotopic (exact) mass is 266 g/mol. The van der Waals surface area contributed by atoms with Gasteiger partial charge >= 0.3 is 0 Å². The lowest BCUT2D eigenvalue weighted by Gasteiger charge is -2.19. The molecule has 102 valence electrons. The van der Waals surface area contributed by atoms with Gasteiger partial charge in [0.05, 0.1) is 13.2 Å². The fourth-order valence-electron chi connectivity index (χ4n) is 2.09. The molecule has 3 heteroatoms. The average Bonchev–Trinajstić information content (AvgIpc) is 2.53. The van der Waals surface area contributed by atoms with Crippen LogP contribution >= 0.6 is 0 Å². The molecule has 0 fully saturated rings. The Kier molecular flexibility index (Phi) is 4.75. The summed E-state index contributed by atoms with van der Waals surface area (Å²) in [4.78, 5) is 0. The molecule has 20 heavy (non-hydrogen) atoms.